The molecule has 0 saturated carbocycles. The minimum atomic E-state index is -0.533. The van der Waals surface area contributed by atoms with Crippen LogP contribution in [0.3, 0.4) is 0 Å². The van der Waals surface area contributed by atoms with Crippen LogP contribution < -0.4 is 5.73 Å². The summed E-state index contributed by atoms with van der Waals surface area (Å²) in [6.07, 6.45) is -0.533. The van der Waals surface area contributed by atoms with Crippen molar-refractivity contribution in [2.45, 2.75) is 6.10 Å². The molecule has 1 aromatic rings. The van der Waals surface area contributed by atoms with Gasteiger partial charge in [-0.25, -0.2) is 0 Å². The summed E-state index contributed by atoms with van der Waals surface area (Å²) < 4.78 is 2.24. The summed E-state index contributed by atoms with van der Waals surface area (Å²) in [6, 6.07) is 5.91. The summed E-state index contributed by atoms with van der Waals surface area (Å²) in [4.78, 5) is 0. The minimum Gasteiger partial charge on any atom is -0.387 e. The molecule has 3 N–H and O–H groups in total. The Hall–Kier alpha value is 0.600. The van der Waals surface area contributed by atoms with Crippen molar-refractivity contribution in [3.8, 4) is 0 Å². The van der Waals surface area contributed by atoms with E-state index in [0.29, 0.717) is 0 Å². The van der Waals surface area contributed by atoms with Crippen LogP contribution in [0.5, 0.6) is 0 Å². The first-order chi connectivity index (χ1) is 5.65. The molecule has 4 heteroatoms. The van der Waals surface area contributed by atoms with Gasteiger partial charge < -0.3 is 10.8 Å². The maximum Gasteiger partial charge on any atom is 0.0922 e. The van der Waals surface area contributed by atoms with Crippen molar-refractivity contribution >= 4 is 45.2 Å². The van der Waals surface area contributed by atoms with E-state index >= 15 is 0 Å². The predicted octanol–water partition coefficient (Wildman–Crippen LogP) is 1.89. The van der Waals surface area contributed by atoms with Crippen LogP contribution >= 0.6 is 45.2 Å². The number of benzene rings is 1. The average molecular weight is 389 g/mol. The fourth-order valence-electron chi connectivity index (χ4n) is 0.899. The van der Waals surface area contributed by atoms with E-state index < -0.39 is 6.10 Å². The van der Waals surface area contributed by atoms with Gasteiger partial charge in [-0.05, 0) is 62.9 Å². The number of hydrogen-bond acceptors (Lipinski definition) is 2. The Bertz CT molecular complexity index is 278. The summed E-state index contributed by atoms with van der Waals surface area (Å²) in [7, 11) is 0. The summed E-state index contributed by atoms with van der Waals surface area (Å²) in [5, 5.41) is 9.47. The average Bonchev–Trinajstić information content (AvgIpc) is 2.03. The highest BCUT2D eigenvalue weighted by molar-refractivity contribution is 14.1. The first-order valence-corrected chi connectivity index (χ1v) is 5.64. The van der Waals surface area contributed by atoms with Gasteiger partial charge in [0.15, 0.2) is 0 Å². The molecule has 1 atom stereocenters. The van der Waals surface area contributed by atoms with E-state index in [0.717, 1.165) is 9.13 Å². The van der Waals surface area contributed by atoms with Gasteiger partial charge >= 0.3 is 0 Å². The third-order valence-corrected chi connectivity index (χ3v) is 3.15. The van der Waals surface area contributed by atoms with Crippen molar-refractivity contribution in [3.63, 3.8) is 0 Å². The van der Waals surface area contributed by atoms with Crippen molar-refractivity contribution < 1.29 is 5.11 Å². The van der Waals surface area contributed by atoms with Gasteiger partial charge in [0.2, 0.25) is 0 Å². The third kappa shape index (κ3) is 2.54. The molecule has 0 heterocycles. The zero-order valence-corrected chi connectivity index (χ0v) is 10.6. The van der Waals surface area contributed by atoms with Gasteiger partial charge in [0, 0.05) is 13.7 Å². The van der Waals surface area contributed by atoms with Crippen LogP contribution in [0.15, 0.2) is 18.2 Å². The highest BCUT2D eigenvalue weighted by Crippen LogP contribution is 2.21. The second kappa shape index (κ2) is 4.73. The fraction of sp³-hybridized carbons (Fsp3) is 0.250. The number of aliphatic hydroxyl groups excluding tert-OH is 1. The molecular weight excluding hydrogens is 380 g/mol. The molecule has 1 unspecified atom stereocenters. The first kappa shape index (κ1) is 10.7. The van der Waals surface area contributed by atoms with Gasteiger partial charge in [0.05, 0.1) is 6.10 Å². The molecule has 0 aliphatic heterocycles. The van der Waals surface area contributed by atoms with Crippen molar-refractivity contribution in [1.82, 2.24) is 0 Å². The Morgan fingerprint density at radius 3 is 2.58 bits per heavy atom. The van der Waals surface area contributed by atoms with E-state index in [4.69, 9.17) is 5.73 Å². The lowest BCUT2D eigenvalue weighted by atomic mass is 10.1. The highest BCUT2D eigenvalue weighted by atomic mass is 127. The summed E-state index contributed by atoms with van der Waals surface area (Å²) in [5.74, 6) is 0. The largest absolute Gasteiger partial charge is 0.387 e. The van der Waals surface area contributed by atoms with Crippen molar-refractivity contribution in [1.29, 1.82) is 0 Å². The summed E-state index contributed by atoms with van der Waals surface area (Å²) >= 11 is 4.44. The van der Waals surface area contributed by atoms with Crippen LogP contribution in [0.1, 0.15) is 11.7 Å². The zero-order valence-electron chi connectivity index (χ0n) is 6.30. The molecule has 0 saturated heterocycles. The van der Waals surface area contributed by atoms with Gasteiger partial charge in [0.25, 0.3) is 0 Å². The molecule has 0 aromatic heterocycles. The minimum absolute atomic E-state index is 0.274. The molecule has 0 radical (unpaired) electrons. The van der Waals surface area contributed by atoms with Crippen LogP contribution in [-0.4, -0.2) is 11.7 Å². The normalized spacial score (nSPS) is 13.0. The van der Waals surface area contributed by atoms with Gasteiger partial charge in [0.1, 0.15) is 0 Å². The Morgan fingerprint density at radius 1 is 1.42 bits per heavy atom. The smallest absolute Gasteiger partial charge is 0.0922 e. The van der Waals surface area contributed by atoms with Crippen molar-refractivity contribution in [3.05, 3.63) is 30.9 Å². The Labute approximate surface area is 98.8 Å². The highest BCUT2D eigenvalue weighted by Gasteiger charge is 2.08. The first-order valence-electron chi connectivity index (χ1n) is 3.48. The van der Waals surface area contributed by atoms with Crippen LogP contribution in [-0.2, 0) is 0 Å². The predicted molar refractivity (Wildman–Crippen MR) is 65.9 cm³/mol. The second-order valence-corrected chi connectivity index (χ2v) is 4.83. The fourth-order valence-corrected chi connectivity index (χ4v) is 2.86. The lowest BCUT2D eigenvalue weighted by molar-refractivity contribution is 0.186. The number of halogens is 2. The molecule has 0 aliphatic rings. The van der Waals surface area contributed by atoms with Gasteiger partial charge in [-0.3, -0.25) is 0 Å². The quantitative estimate of drug-likeness (QED) is 0.760. The van der Waals surface area contributed by atoms with Crippen LogP contribution in [0, 0.1) is 7.14 Å². The molecule has 0 bridgehead atoms. The Morgan fingerprint density at radius 2 is 2.08 bits per heavy atom. The molecule has 1 rings (SSSR count). The Kier molecular flexibility index (Phi) is 4.21. The third-order valence-electron chi connectivity index (χ3n) is 1.54. The summed E-state index contributed by atoms with van der Waals surface area (Å²) in [5.41, 5.74) is 6.27. The molecule has 1 aromatic carbocycles. The van der Waals surface area contributed by atoms with Crippen LogP contribution in [0.25, 0.3) is 0 Å². The summed E-state index contributed by atoms with van der Waals surface area (Å²) in [6.45, 7) is 0.274. The second-order valence-electron chi connectivity index (χ2n) is 2.42. The van der Waals surface area contributed by atoms with Gasteiger partial charge in [-0.15, -0.1) is 0 Å². The lowest BCUT2D eigenvalue weighted by Crippen LogP contribution is -2.12. The molecule has 12 heavy (non-hydrogen) atoms. The molecule has 0 aliphatic carbocycles. The monoisotopic (exact) mass is 389 g/mol. The van der Waals surface area contributed by atoms with E-state index in [1.807, 2.05) is 18.2 Å². The van der Waals surface area contributed by atoms with E-state index in [1.165, 1.54) is 3.57 Å². The van der Waals surface area contributed by atoms with E-state index in [9.17, 15) is 5.11 Å². The molecule has 66 valence electrons. The molecular formula is C8H9I2NO. The number of aliphatic hydroxyl groups is 1. The maximum atomic E-state index is 9.47. The topological polar surface area (TPSA) is 46.2 Å². The molecule has 0 amide bonds. The molecule has 2 nitrogen and oxygen atoms in total. The molecule has 0 fully saturated rings. The number of rotatable bonds is 2. The van der Waals surface area contributed by atoms with Gasteiger partial charge in [-0.2, -0.15) is 0 Å². The molecule has 0 spiro atoms. The zero-order chi connectivity index (χ0) is 9.14. The van der Waals surface area contributed by atoms with Crippen molar-refractivity contribution in [2.24, 2.45) is 5.73 Å². The maximum absolute atomic E-state index is 9.47. The van der Waals surface area contributed by atoms with Gasteiger partial charge in [-0.1, -0.05) is 6.07 Å². The van der Waals surface area contributed by atoms with Crippen LogP contribution in [0.4, 0.5) is 0 Å². The number of hydrogen-bond donors (Lipinski definition) is 2. The van der Waals surface area contributed by atoms with Crippen LogP contribution in [0.2, 0.25) is 0 Å². The SMILES string of the molecule is NCC(O)c1ccc(I)cc1I. The number of nitrogens with two attached hydrogens (primary N) is 1. The van der Waals surface area contributed by atoms with E-state index in [-0.39, 0.29) is 6.54 Å². The Balaban J connectivity index is 3.01. The lowest BCUT2D eigenvalue weighted by Gasteiger charge is -2.10. The van der Waals surface area contributed by atoms with E-state index in [2.05, 4.69) is 45.2 Å². The standard InChI is InChI=1S/C8H9I2NO/c9-5-1-2-6(7(10)3-5)8(12)4-11/h1-3,8,12H,4,11H2. The van der Waals surface area contributed by atoms with E-state index in [1.54, 1.807) is 0 Å². The van der Waals surface area contributed by atoms with Crippen molar-refractivity contribution in [2.75, 3.05) is 6.54 Å².